The van der Waals surface area contributed by atoms with Gasteiger partial charge in [-0.3, -0.25) is 4.79 Å². The molecule has 6 rings (SSSR count). The molecule has 33 heavy (non-hydrogen) atoms. The molecule has 170 valence electrons. The van der Waals surface area contributed by atoms with Crippen LogP contribution >= 0.6 is 0 Å². The molecule has 3 saturated carbocycles. The maximum atomic E-state index is 12.8. The van der Waals surface area contributed by atoms with E-state index in [4.69, 9.17) is 4.74 Å². The van der Waals surface area contributed by atoms with Gasteiger partial charge in [0.05, 0.1) is 5.41 Å². The molecule has 0 spiro atoms. The Kier molecular flexibility index (Phi) is 4.34. The second-order valence-corrected chi connectivity index (χ2v) is 10.0. The van der Waals surface area contributed by atoms with Crippen molar-refractivity contribution in [3.63, 3.8) is 0 Å². The Morgan fingerprint density at radius 1 is 0.970 bits per heavy atom. The van der Waals surface area contributed by atoms with Gasteiger partial charge in [-0.25, -0.2) is 9.59 Å². The summed E-state index contributed by atoms with van der Waals surface area (Å²) >= 11 is 0. The Labute approximate surface area is 191 Å². The number of nitrogens with one attached hydrogen (secondary N) is 2. The van der Waals surface area contributed by atoms with Crippen LogP contribution < -0.4 is 10.6 Å². The number of hydrogen-bond acceptors (Lipinski definition) is 4. The van der Waals surface area contributed by atoms with Crippen LogP contribution in [0.3, 0.4) is 0 Å². The lowest BCUT2D eigenvalue weighted by Crippen LogP contribution is -2.47. The molecule has 3 fully saturated rings. The largest absolute Gasteiger partial charge is 0.480 e. The molecule has 2 aromatic rings. The fraction of sp³-hybridized carbons (Fsp3) is 0.423. The topological polar surface area (TPSA) is 105 Å². The number of carbonyl (C=O) groups excluding carboxylic acids is 2. The predicted octanol–water partition coefficient (Wildman–Crippen LogP) is 3.43. The van der Waals surface area contributed by atoms with Crippen molar-refractivity contribution in [1.82, 2.24) is 10.6 Å². The molecule has 0 heterocycles. The lowest BCUT2D eigenvalue weighted by molar-refractivity contribution is -0.144. The summed E-state index contributed by atoms with van der Waals surface area (Å²) in [7, 11) is 0. The minimum Gasteiger partial charge on any atom is -0.480 e. The van der Waals surface area contributed by atoms with Crippen LogP contribution in [0.25, 0.3) is 11.1 Å². The molecule has 2 amide bonds. The van der Waals surface area contributed by atoms with Crippen LogP contribution in [0.1, 0.15) is 49.1 Å². The van der Waals surface area contributed by atoms with E-state index in [-0.39, 0.29) is 30.4 Å². The number of fused-ring (bicyclic) bond motifs is 4. The van der Waals surface area contributed by atoms with E-state index in [0.29, 0.717) is 19.3 Å². The van der Waals surface area contributed by atoms with Gasteiger partial charge < -0.3 is 20.5 Å². The summed E-state index contributed by atoms with van der Waals surface area (Å²) in [6.45, 7) is 0.253. The molecule has 2 aromatic carbocycles. The first-order chi connectivity index (χ1) is 15.9. The van der Waals surface area contributed by atoms with Gasteiger partial charge in [-0.05, 0) is 60.3 Å². The summed E-state index contributed by atoms with van der Waals surface area (Å²) in [5, 5.41) is 15.0. The number of ether oxygens (including phenoxy) is 1. The second-order valence-electron chi connectivity index (χ2n) is 10.0. The van der Waals surface area contributed by atoms with Gasteiger partial charge in [0.2, 0.25) is 5.91 Å². The molecule has 0 bridgehead atoms. The standard InChI is InChI=1S/C26H26N2O5/c29-22(28-26(9-10-26)23(30)31)25-12-15(25)11-16(13-25)27-24(32)33-14-21-19-7-3-1-5-17(19)18-6-2-4-8-20(18)21/h1-8,15-16,21H,9-14H2,(H,27,32)(H,28,29)(H,30,31)/t15-,16+,25+/m0/s1. The van der Waals surface area contributed by atoms with Crippen molar-refractivity contribution < 1.29 is 24.2 Å². The first kappa shape index (κ1) is 20.3. The van der Waals surface area contributed by atoms with Gasteiger partial charge in [0.15, 0.2) is 0 Å². The minimum absolute atomic E-state index is 0.00278. The van der Waals surface area contributed by atoms with Crippen LogP contribution in [0, 0.1) is 11.3 Å². The maximum absolute atomic E-state index is 12.8. The number of aliphatic carboxylic acids is 1. The quantitative estimate of drug-likeness (QED) is 0.631. The maximum Gasteiger partial charge on any atom is 0.407 e. The third-order valence-corrected chi connectivity index (χ3v) is 8.04. The molecule has 0 aliphatic heterocycles. The van der Waals surface area contributed by atoms with Gasteiger partial charge in [-0.15, -0.1) is 0 Å². The molecule has 0 aromatic heterocycles. The van der Waals surface area contributed by atoms with Crippen molar-refractivity contribution in [3.8, 4) is 11.1 Å². The van der Waals surface area contributed by atoms with Crippen molar-refractivity contribution in [2.75, 3.05) is 6.61 Å². The highest BCUT2D eigenvalue weighted by molar-refractivity contribution is 5.94. The van der Waals surface area contributed by atoms with E-state index in [1.807, 2.05) is 24.3 Å². The molecular weight excluding hydrogens is 420 g/mol. The monoisotopic (exact) mass is 446 g/mol. The average molecular weight is 447 g/mol. The van der Waals surface area contributed by atoms with Crippen LogP contribution in [0.15, 0.2) is 48.5 Å². The Hall–Kier alpha value is -3.35. The van der Waals surface area contributed by atoms with Crippen molar-refractivity contribution >= 4 is 18.0 Å². The van der Waals surface area contributed by atoms with Crippen molar-refractivity contribution in [3.05, 3.63) is 59.7 Å². The lowest BCUT2D eigenvalue weighted by atomic mass is 9.98. The molecule has 4 aliphatic carbocycles. The number of hydrogen-bond donors (Lipinski definition) is 3. The normalized spacial score (nSPS) is 27.6. The van der Waals surface area contributed by atoms with Crippen molar-refractivity contribution in [2.45, 2.75) is 49.6 Å². The number of carbonyl (C=O) groups is 3. The molecule has 0 saturated heterocycles. The van der Waals surface area contributed by atoms with Crippen LogP contribution in [-0.2, 0) is 14.3 Å². The number of alkyl carbamates (subject to hydrolysis) is 1. The van der Waals surface area contributed by atoms with Gasteiger partial charge in [0, 0.05) is 12.0 Å². The van der Waals surface area contributed by atoms with E-state index in [9.17, 15) is 19.5 Å². The minimum atomic E-state index is -1.07. The van der Waals surface area contributed by atoms with Crippen LogP contribution in [0.5, 0.6) is 0 Å². The summed E-state index contributed by atoms with van der Waals surface area (Å²) in [4.78, 5) is 36.8. The van der Waals surface area contributed by atoms with Gasteiger partial charge in [-0.2, -0.15) is 0 Å². The van der Waals surface area contributed by atoms with Crippen LogP contribution in [0.4, 0.5) is 4.79 Å². The molecule has 0 unspecified atom stereocenters. The molecule has 3 N–H and O–H groups in total. The van der Waals surface area contributed by atoms with Crippen LogP contribution in [0.2, 0.25) is 0 Å². The lowest BCUT2D eigenvalue weighted by Gasteiger charge is -2.21. The van der Waals surface area contributed by atoms with E-state index in [1.165, 1.54) is 11.1 Å². The van der Waals surface area contributed by atoms with Gasteiger partial charge in [-0.1, -0.05) is 48.5 Å². The number of carboxylic acids is 1. The number of rotatable bonds is 6. The number of carboxylic acid groups (broad SMARTS) is 1. The first-order valence-electron chi connectivity index (χ1n) is 11.6. The fourth-order valence-electron chi connectivity index (χ4n) is 5.95. The molecular formula is C26H26N2O5. The van der Waals surface area contributed by atoms with E-state index in [1.54, 1.807) is 0 Å². The highest BCUT2D eigenvalue weighted by Gasteiger charge is 2.67. The summed E-state index contributed by atoms with van der Waals surface area (Å²) < 4.78 is 5.64. The third kappa shape index (κ3) is 3.21. The Balaban J connectivity index is 1.06. The zero-order valence-corrected chi connectivity index (χ0v) is 18.2. The average Bonchev–Trinajstić information content (AvgIpc) is 3.68. The molecule has 0 radical (unpaired) electrons. The van der Waals surface area contributed by atoms with Gasteiger partial charge in [0.1, 0.15) is 12.1 Å². The van der Waals surface area contributed by atoms with Gasteiger partial charge >= 0.3 is 12.1 Å². The first-order valence-corrected chi connectivity index (χ1v) is 11.6. The zero-order chi connectivity index (χ0) is 22.8. The van der Waals surface area contributed by atoms with E-state index < -0.39 is 23.0 Å². The highest BCUT2D eigenvalue weighted by atomic mass is 16.5. The van der Waals surface area contributed by atoms with E-state index in [2.05, 4.69) is 34.9 Å². The molecule has 7 heteroatoms. The molecule has 7 nitrogen and oxygen atoms in total. The molecule has 3 atom stereocenters. The fourth-order valence-corrected chi connectivity index (χ4v) is 5.95. The second kappa shape index (κ2) is 7.07. The Morgan fingerprint density at radius 3 is 2.21 bits per heavy atom. The van der Waals surface area contributed by atoms with Crippen molar-refractivity contribution in [2.24, 2.45) is 11.3 Å². The predicted molar refractivity (Wildman–Crippen MR) is 120 cm³/mol. The molecule has 4 aliphatic rings. The summed E-state index contributed by atoms with van der Waals surface area (Å²) in [6, 6.07) is 16.3. The van der Waals surface area contributed by atoms with Gasteiger partial charge in [0.25, 0.3) is 0 Å². The smallest absolute Gasteiger partial charge is 0.407 e. The Bertz CT molecular complexity index is 1130. The third-order valence-electron chi connectivity index (χ3n) is 8.04. The van der Waals surface area contributed by atoms with Crippen molar-refractivity contribution in [1.29, 1.82) is 0 Å². The SMILES string of the molecule is O=C(N[C@@H]1C[C@H]2C[C@@]2(C(=O)NC2(C(=O)O)CC2)C1)OCC1c2ccccc2-c2ccccc21. The Morgan fingerprint density at radius 2 is 1.61 bits per heavy atom. The summed E-state index contributed by atoms with van der Waals surface area (Å²) in [6.07, 6.45) is 2.51. The van der Waals surface area contributed by atoms with E-state index >= 15 is 0 Å². The summed E-state index contributed by atoms with van der Waals surface area (Å²) in [5.41, 5.74) is 3.08. The highest BCUT2D eigenvalue weighted by Crippen LogP contribution is 2.64. The number of benzene rings is 2. The number of amides is 2. The van der Waals surface area contributed by atoms with Crippen LogP contribution in [-0.4, -0.2) is 41.3 Å². The zero-order valence-electron chi connectivity index (χ0n) is 18.2. The van der Waals surface area contributed by atoms with E-state index in [0.717, 1.165) is 24.0 Å². The summed E-state index contributed by atoms with van der Waals surface area (Å²) in [5.74, 6) is -0.941.